The number of alkyl halides is 3. The summed E-state index contributed by atoms with van der Waals surface area (Å²) < 4.78 is 38.1. The molecule has 0 spiro atoms. The molecule has 5 nitrogen and oxygen atoms in total. The number of pyridine rings is 1. The minimum absolute atomic E-state index is 0.400. The number of hydrogen-bond acceptors (Lipinski definition) is 5. The molecule has 2 aromatic heterocycles. The van der Waals surface area contributed by atoms with Crippen molar-refractivity contribution in [3.8, 4) is 11.3 Å². The highest BCUT2D eigenvalue weighted by Gasteiger charge is 2.41. The van der Waals surface area contributed by atoms with Gasteiger partial charge >= 0.3 is 6.18 Å². The van der Waals surface area contributed by atoms with Gasteiger partial charge in [0.15, 0.2) is 0 Å². The number of hydrogen-bond donors (Lipinski definition) is 1. The third-order valence-electron chi connectivity index (χ3n) is 7.10. The van der Waals surface area contributed by atoms with Gasteiger partial charge in [0.25, 0.3) is 0 Å². The summed E-state index contributed by atoms with van der Waals surface area (Å²) in [6.07, 6.45) is 4.26. The van der Waals surface area contributed by atoms with Crippen molar-refractivity contribution < 1.29 is 13.2 Å². The molecule has 1 saturated heterocycles. The molecule has 0 amide bonds. The highest BCUT2D eigenvalue weighted by Crippen LogP contribution is 2.39. The SMILES string of the molecule is CCCC(CCC)CN1C[C@H]2C[C@H](Nc3ccc(-c4ccc(C(F)(F)F)nc4)nn3)C[C@H]2C1. The van der Waals surface area contributed by atoms with Crippen LogP contribution in [0.3, 0.4) is 0 Å². The standard InChI is InChI=1S/C25H34F3N5/c1-3-5-17(6-4-2)14-33-15-19-11-21(12-20(19)16-33)30-24-10-8-22(31-32-24)18-7-9-23(29-13-18)25(26,27)28/h7-10,13,17,19-21H,3-6,11-12,14-16H2,1-2H3,(H,30,32)/t19-,20+,21+. The van der Waals surface area contributed by atoms with Crippen LogP contribution in [0.4, 0.5) is 19.0 Å². The van der Waals surface area contributed by atoms with E-state index in [1.54, 1.807) is 6.07 Å². The van der Waals surface area contributed by atoms with Crippen molar-refractivity contribution in [2.24, 2.45) is 17.8 Å². The predicted octanol–water partition coefficient (Wildman–Crippen LogP) is 5.90. The minimum atomic E-state index is -4.44. The second kappa shape index (κ2) is 10.4. The molecule has 1 aliphatic heterocycles. The Bertz CT molecular complexity index is 864. The summed E-state index contributed by atoms with van der Waals surface area (Å²) in [6, 6.07) is 6.37. The second-order valence-electron chi connectivity index (χ2n) is 9.73. The lowest BCUT2D eigenvalue weighted by atomic mass is 9.97. The summed E-state index contributed by atoms with van der Waals surface area (Å²) >= 11 is 0. The van der Waals surface area contributed by atoms with E-state index in [1.165, 1.54) is 57.6 Å². The summed E-state index contributed by atoms with van der Waals surface area (Å²) in [6.45, 7) is 8.23. The van der Waals surface area contributed by atoms with Gasteiger partial charge in [0, 0.05) is 37.4 Å². The number of aromatic nitrogens is 3. The molecule has 8 heteroatoms. The van der Waals surface area contributed by atoms with Crippen molar-refractivity contribution in [3.63, 3.8) is 0 Å². The van der Waals surface area contributed by atoms with E-state index < -0.39 is 11.9 Å². The average Bonchev–Trinajstić information content (AvgIpc) is 3.32. The van der Waals surface area contributed by atoms with Gasteiger partial charge in [0.05, 0.1) is 5.69 Å². The van der Waals surface area contributed by atoms with Gasteiger partial charge in [-0.2, -0.15) is 13.2 Å². The topological polar surface area (TPSA) is 53.9 Å². The van der Waals surface area contributed by atoms with Gasteiger partial charge in [-0.05, 0) is 67.7 Å². The summed E-state index contributed by atoms with van der Waals surface area (Å²) in [5, 5.41) is 12.0. The average molecular weight is 462 g/mol. The Morgan fingerprint density at radius 1 is 1.00 bits per heavy atom. The fourth-order valence-corrected chi connectivity index (χ4v) is 5.66. The molecule has 2 fully saturated rings. The molecule has 1 N–H and O–H groups in total. The van der Waals surface area contributed by atoms with Crippen LogP contribution in [0.15, 0.2) is 30.5 Å². The molecule has 33 heavy (non-hydrogen) atoms. The van der Waals surface area contributed by atoms with Crippen molar-refractivity contribution >= 4 is 5.82 Å². The van der Waals surface area contributed by atoms with Crippen LogP contribution in [0.5, 0.6) is 0 Å². The van der Waals surface area contributed by atoms with Crippen LogP contribution < -0.4 is 5.32 Å². The maximum atomic E-state index is 12.7. The van der Waals surface area contributed by atoms with E-state index >= 15 is 0 Å². The second-order valence-corrected chi connectivity index (χ2v) is 9.73. The summed E-state index contributed by atoms with van der Waals surface area (Å²) in [5.74, 6) is 3.04. The van der Waals surface area contributed by atoms with E-state index in [2.05, 4.69) is 39.2 Å². The van der Waals surface area contributed by atoms with E-state index in [-0.39, 0.29) is 0 Å². The van der Waals surface area contributed by atoms with Gasteiger partial charge < -0.3 is 10.2 Å². The van der Waals surface area contributed by atoms with E-state index in [0.717, 1.165) is 36.7 Å². The molecule has 3 atom stereocenters. The molecule has 180 valence electrons. The summed E-state index contributed by atoms with van der Waals surface area (Å²) in [4.78, 5) is 6.19. The van der Waals surface area contributed by atoms with E-state index in [4.69, 9.17) is 0 Å². The Balaban J connectivity index is 1.28. The van der Waals surface area contributed by atoms with Crippen LogP contribution in [-0.2, 0) is 6.18 Å². The molecule has 0 radical (unpaired) electrons. The van der Waals surface area contributed by atoms with Crippen LogP contribution in [-0.4, -0.2) is 45.8 Å². The lowest BCUT2D eigenvalue weighted by Gasteiger charge is -2.25. The molecule has 0 unspecified atom stereocenters. The molecular weight excluding hydrogens is 427 g/mol. The third kappa shape index (κ3) is 6.02. The molecule has 4 rings (SSSR count). The first kappa shape index (κ1) is 23.9. The number of rotatable bonds is 9. The van der Waals surface area contributed by atoms with E-state index in [9.17, 15) is 13.2 Å². The number of nitrogens with one attached hydrogen (secondary N) is 1. The third-order valence-corrected chi connectivity index (χ3v) is 7.10. The first-order chi connectivity index (χ1) is 15.9. The fourth-order valence-electron chi connectivity index (χ4n) is 5.66. The zero-order chi connectivity index (χ0) is 23.4. The van der Waals surface area contributed by atoms with Crippen molar-refractivity contribution in [2.75, 3.05) is 25.0 Å². The van der Waals surface area contributed by atoms with Crippen molar-refractivity contribution in [3.05, 3.63) is 36.2 Å². The first-order valence-corrected chi connectivity index (χ1v) is 12.2. The first-order valence-electron chi connectivity index (χ1n) is 12.2. The summed E-state index contributed by atoms with van der Waals surface area (Å²) in [5.41, 5.74) is 0.116. The Morgan fingerprint density at radius 2 is 1.70 bits per heavy atom. The molecule has 2 aromatic rings. The molecule has 0 bridgehead atoms. The summed E-state index contributed by atoms with van der Waals surface area (Å²) in [7, 11) is 0. The number of anilines is 1. The largest absolute Gasteiger partial charge is 0.433 e. The van der Waals surface area contributed by atoms with Crippen LogP contribution in [0, 0.1) is 17.8 Å². The van der Waals surface area contributed by atoms with Crippen molar-refractivity contribution in [1.29, 1.82) is 0 Å². The number of fused-ring (bicyclic) bond motifs is 1. The fraction of sp³-hybridized carbons (Fsp3) is 0.640. The van der Waals surface area contributed by atoms with E-state index in [0.29, 0.717) is 23.1 Å². The van der Waals surface area contributed by atoms with Gasteiger partial charge in [-0.1, -0.05) is 26.7 Å². The van der Waals surface area contributed by atoms with Crippen LogP contribution >= 0.6 is 0 Å². The van der Waals surface area contributed by atoms with Gasteiger partial charge in [-0.3, -0.25) is 4.98 Å². The lowest BCUT2D eigenvalue weighted by Crippen LogP contribution is -2.30. The highest BCUT2D eigenvalue weighted by atomic mass is 19.4. The molecular formula is C25H34F3N5. The maximum absolute atomic E-state index is 12.7. The molecule has 1 saturated carbocycles. The number of likely N-dealkylation sites (tertiary alicyclic amines) is 1. The minimum Gasteiger partial charge on any atom is -0.366 e. The normalized spacial score (nSPS) is 23.3. The Labute approximate surface area is 194 Å². The smallest absolute Gasteiger partial charge is 0.366 e. The lowest BCUT2D eigenvalue weighted by molar-refractivity contribution is -0.141. The Hall–Kier alpha value is -2.22. The van der Waals surface area contributed by atoms with Crippen LogP contribution in [0.1, 0.15) is 58.1 Å². The van der Waals surface area contributed by atoms with E-state index in [1.807, 2.05) is 6.07 Å². The number of nitrogens with zero attached hydrogens (tertiary/aromatic N) is 4. The zero-order valence-corrected chi connectivity index (χ0v) is 19.5. The molecule has 3 heterocycles. The van der Waals surface area contributed by atoms with Crippen molar-refractivity contribution in [2.45, 2.75) is 64.6 Å². The molecule has 2 aliphatic rings. The van der Waals surface area contributed by atoms with Crippen molar-refractivity contribution in [1.82, 2.24) is 20.1 Å². The Morgan fingerprint density at radius 3 is 2.21 bits per heavy atom. The number of halogens is 3. The highest BCUT2D eigenvalue weighted by molar-refractivity contribution is 5.58. The Kier molecular flexibility index (Phi) is 7.51. The molecule has 1 aliphatic carbocycles. The maximum Gasteiger partial charge on any atom is 0.433 e. The predicted molar refractivity (Wildman–Crippen MR) is 124 cm³/mol. The van der Waals surface area contributed by atoms with Gasteiger partial charge in [0.2, 0.25) is 0 Å². The van der Waals surface area contributed by atoms with Crippen LogP contribution in [0.2, 0.25) is 0 Å². The quantitative estimate of drug-likeness (QED) is 0.504. The van der Waals surface area contributed by atoms with Crippen LogP contribution in [0.25, 0.3) is 11.3 Å². The van der Waals surface area contributed by atoms with Gasteiger partial charge in [0.1, 0.15) is 11.5 Å². The monoisotopic (exact) mass is 461 g/mol. The van der Waals surface area contributed by atoms with Gasteiger partial charge in [-0.25, -0.2) is 0 Å². The van der Waals surface area contributed by atoms with Gasteiger partial charge in [-0.15, -0.1) is 10.2 Å². The molecule has 0 aromatic carbocycles. The zero-order valence-electron chi connectivity index (χ0n) is 19.5.